The average Bonchev–Trinajstić information content (AvgIpc) is 2.85. The second kappa shape index (κ2) is 10.3. The molecule has 180 valence electrons. The standard InChI is InChI=1S/C26H25N3O6/c1-26(17-34-16-18-3-10-23(33-2)11-4-18)14-13-19-15-21(7-12-24(19)35-26)28-25(30)27-20-5-8-22(9-6-20)29(31)32/h3-15H,16-17H2,1-2H3,(H2,27,28,30). The third kappa shape index (κ3) is 6.15. The van der Waals surface area contributed by atoms with Crippen LogP contribution in [-0.4, -0.2) is 30.3 Å². The summed E-state index contributed by atoms with van der Waals surface area (Å²) in [5.41, 5.74) is 2.22. The lowest BCUT2D eigenvalue weighted by atomic mass is 10.0. The number of carbonyl (C=O) groups is 1. The molecule has 9 nitrogen and oxygen atoms in total. The van der Waals surface area contributed by atoms with Crippen LogP contribution in [0.15, 0.2) is 72.8 Å². The lowest BCUT2D eigenvalue weighted by Crippen LogP contribution is -2.37. The van der Waals surface area contributed by atoms with Crippen LogP contribution in [0.25, 0.3) is 6.08 Å². The number of hydrogen-bond donors (Lipinski definition) is 2. The predicted octanol–water partition coefficient (Wildman–Crippen LogP) is 5.63. The summed E-state index contributed by atoms with van der Waals surface area (Å²) in [4.78, 5) is 22.6. The van der Waals surface area contributed by atoms with Crippen molar-refractivity contribution >= 4 is 29.2 Å². The zero-order chi connectivity index (χ0) is 24.8. The number of hydrogen-bond acceptors (Lipinski definition) is 6. The molecule has 0 spiro atoms. The molecule has 1 atom stereocenters. The lowest BCUT2D eigenvalue weighted by Gasteiger charge is -2.31. The number of methoxy groups -OCH3 is 1. The van der Waals surface area contributed by atoms with Gasteiger partial charge in [-0.1, -0.05) is 18.2 Å². The first-order valence-electron chi connectivity index (χ1n) is 10.9. The molecule has 1 aliphatic heterocycles. The van der Waals surface area contributed by atoms with Crippen molar-refractivity contribution in [3.8, 4) is 11.5 Å². The van der Waals surface area contributed by atoms with Gasteiger partial charge in [-0.25, -0.2) is 4.79 Å². The Labute approximate surface area is 202 Å². The molecule has 1 unspecified atom stereocenters. The Morgan fingerprint density at radius 2 is 1.71 bits per heavy atom. The van der Waals surface area contributed by atoms with Crippen molar-refractivity contribution in [2.75, 3.05) is 24.4 Å². The van der Waals surface area contributed by atoms with Gasteiger partial charge in [-0.2, -0.15) is 0 Å². The molecule has 9 heteroatoms. The summed E-state index contributed by atoms with van der Waals surface area (Å²) in [5.74, 6) is 1.48. The highest BCUT2D eigenvalue weighted by atomic mass is 16.6. The monoisotopic (exact) mass is 475 g/mol. The number of benzene rings is 3. The number of nitrogens with zero attached hydrogens (tertiary/aromatic N) is 1. The van der Waals surface area contributed by atoms with Gasteiger partial charge >= 0.3 is 6.03 Å². The molecule has 0 aromatic heterocycles. The zero-order valence-electron chi connectivity index (χ0n) is 19.3. The van der Waals surface area contributed by atoms with E-state index in [1.807, 2.05) is 43.3 Å². The van der Waals surface area contributed by atoms with Crippen LogP contribution in [0.2, 0.25) is 0 Å². The van der Waals surface area contributed by atoms with E-state index in [1.54, 1.807) is 25.3 Å². The van der Waals surface area contributed by atoms with E-state index in [-0.39, 0.29) is 5.69 Å². The van der Waals surface area contributed by atoms with Crippen molar-refractivity contribution in [2.45, 2.75) is 19.1 Å². The van der Waals surface area contributed by atoms with Crippen molar-refractivity contribution in [2.24, 2.45) is 0 Å². The molecule has 3 aromatic rings. The van der Waals surface area contributed by atoms with Crippen LogP contribution in [0.1, 0.15) is 18.1 Å². The van der Waals surface area contributed by atoms with E-state index in [4.69, 9.17) is 14.2 Å². The first-order chi connectivity index (χ1) is 16.8. The minimum absolute atomic E-state index is 0.0458. The second-order valence-corrected chi connectivity index (χ2v) is 8.22. The van der Waals surface area contributed by atoms with Crippen molar-refractivity contribution in [1.29, 1.82) is 0 Å². The molecular weight excluding hydrogens is 450 g/mol. The van der Waals surface area contributed by atoms with Gasteiger partial charge in [-0.05, 0) is 61.0 Å². The van der Waals surface area contributed by atoms with E-state index < -0.39 is 16.6 Å². The number of ether oxygens (including phenoxy) is 3. The van der Waals surface area contributed by atoms with Crippen LogP contribution < -0.4 is 20.1 Å². The van der Waals surface area contributed by atoms with E-state index in [0.717, 1.165) is 16.9 Å². The van der Waals surface area contributed by atoms with Gasteiger partial charge in [0.2, 0.25) is 0 Å². The van der Waals surface area contributed by atoms with Crippen molar-refractivity contribution < 1.29 is 23.9 Å². The number of non-ortho nitro benzene ring substituents is 1. The molecule has 0 aliphatic carbocycles. The maximum absolute atomic E-state index is 12.3. The van der Waals surface area contributed by atoms with E-state index >= 15 is 0 Å². The number of nitrogens with one attached hydrogen (secondary N) is 2. The Bertz CT molecular complexity index is 1240. The van der Waals surface area contributed by atoms with Gasteiger partial charge in [0.1, 0.15) is 17.1 Å². The molecule has 0 fully saturated rings. The Kier molecular flexibility index (Phi) is 6.98. The highest BCUT2D eigenvalue weighted by Gasteiger charge is 2.28. The lowest BCUT2D eigenvalue weighted by molar-refractivity contribution is -0.384. The van der Waals surface area contributed by atoms with Crippen LogP contribution in [0, 0.1) is 10.1 Å². The smallest absolute Gasteiger partial charge is 0.323 e. The van der Waals surface area contributed by atoms with Gasteiger partial charge in [-0.3, -0.25) is 10.1 Å². The summed E-state index contributed by atoms with van der Waals surface area (Å²) < 4.78 is 17.2. The summed E-state index contributed by atoms with van der Waals surface area (Å²) in [7, 11) is 1.63. The zero-order valence-corrected chi connectivity index (χ0v) is 19.3. The normalized spacial score (nSPS) is 16.1. The van der Waals surface area contributed by atoms with Crippen LogP contribution in [-0.2, 0) is 11.3 Å². The second-order valence-electron chi connectivity index (χ2n) is 8.22. The fraction of sp³-hybridized carbons (Fsp3) is 0.192. The summed E-state index contributed by atoms with van der Waals surface area (Å²) >= 11 is 0. The summed E-state index contributed by atoms with van der Waals surface area (Å²) in [6.07, 6.45) is 3.87. The van der Waals surface area contributed by atoms with Gasteiger partial charge in [-0.15, -0.1) is 0 Å². The van der Waals surface area contributed by atoms with Crippen molar-refractivity contribution in [3.63, 3.8) is 0 Å². The van der Waals surface area contributed by atoms with Crippen LogP contribution in [0.5, 0.6) is 11.5 Å². The number of urea groups is 1. The number of anilines is 2. The molecule has 0 bridgehead atoms. The number of nitro benzene ring substituents is 1. The van der Waals surface area contributed by atoms with Crippen LogP contribution in [0.4, 0.5) is 21.9 Å². The third-order valence-corrected chi connectivity index (χ3v) is 5.38. The molecule has 0 saturated carbocycles. The van der Waals surface area contributed by atoms with Gasteiger partial charge < -0.3 is 24.8 Å². The van der Waals surface area contributed by atoms with Gasteiger partial charge in [0, 0.05) is 29.1 Å². The quantitative estimate of drug-likeness (QED) is 0.323. The maximum atomic E-state index is 12.3. The molecule has 0 radical (unpaired) electrons. The Morgan fingerprint density at radius 3 is 2.40 bits per heavy atom. The molecule has 1 aliphatic rings. The van der Waals surface area contributed by atoms with Gasteiger partial charge in [0.05, 0.1) is 25.2 Å². The van der Waals surface area contributed by atoms with E-state index in [2.05, 4.69) is 10.6 Å². The maximum Gasteiger partial charge on any atom is 0.323 e. The molecule has 1 heterocycles. The largest absolute Gasteiger partial charge is 0.497 e. The van der Waals surface area contributed by atoms with Gasteiger partial charge in [0.15, 0.2) is 0 Å². The van der Waals surface area contributed by atoms with Crippen LogP contribution >= 0.6 is 0 Å². The molecule has 35 heavy (non-hydrogen) atoms. The summed E-state index contributed by atoms with van der Waals surface area (Å²) in [6, 6.07) is 18.2. The fourth-order valence-electron chi connectivity index (χ4n) is 3.53. The summed E-state index contributed by atoms with van der Waals surface area (Å²) in [6.45, 7) is 2.77. The first kappa shape index (κ1) is 23.8. The van der Waals surface area contributed by atoms with E-state index in [9.17, 15) is 14.9 Å². The molecule has 2 N–H and O–H groups in total. The van der Waals surface area contributed by atoms with E-state index in [1.165, 1.54) is 24.3 Å². The fourth-order valence-corrected chi connectivity index (χ4v) is 3.53. The Morgan fingerprint density at radius 1 is 1.03 bits per heavy atom. The highest BCUT2D eigenvalue weighted by molar-refractivity contribution is 6.00. The number of carbonyl (C=O) groups excluding carboxylic acids is 1. The van der Waals surface area contributed by atoms with Crippen molar-refractivity contribution in [1.82, 2.24) is 0 Å². The van der Waals surface area contributed by atoms with Gasteiger partial charge in [0.25, 0.3) is 5.69 Å². The topological polar surface area (TPSA) is 112 Å². The molecule has 0 saturated heterocycles. The van der Waals surface area contributed by atoms with Crippen LogP contribution in [0.3, 0.4) is 0 Å². The number of nitro groups is 1. The minimum atomic E-state index is -0.623. The highest BCUT2D eigenvalue weighted by Crippen LogP contribution is 2.33. The number of rotatable bonds is 8. The predicted molar refractivity (Wildman–Crippen MR) is 133 cm³/mol. The minimum Gasteiger partial charge on any atom is -0.497 e. The first-order valence-corrected chi connectivity index (χ1v) is 10.9. The average molecular weight is 476 g/mol. The third-order valence-electron chi connectivity index (χ3n) is 5.38. The molecular formula is C26H25N3O6. The Hall–Kier alpha value is -4.37. The SMILES string of the molecule is COc1ccc(COCC2(C)C=Cc3cc(NC(=O)Nc4ccc([N+](=O)[O-])cc4)ccc3O2)cc1. The van der Waals surface area contributed by atoms with Crippen molar-refractivity contribution in [3.05, 3.63) is 94.0 Å². The molecule has 2 amide bonds. The Balaban J connectivity index is 1.31. The summed E-state index contributed by atoms with van der Waals surface area (Å²) in [5, 5.41) is 16.1. The molecule has 3 aromatic carbocycles. The molecule has 4 rings (SSSR count). The number of fused-ring (bicyclic) bond motifs is 1. The van der Waals surface area contributed by atoms with E-state index in [0.29, 0.717) is 30.3 Å². The number of amides is 2.